The molecular weight excluding hydrogens is 354 g/mol. The third-order valence-corrected chi connectivity index (χ3v) is 4.27. The lowest BCUT2D eigenvalue weighted by molar-refractivity contribution is -0.119. The minimum absolute atomic E-state index is 0.0792. The Labute approximate surface area is 167 Å². The highest BCUT2D eigenvalue weighted by Crippen LogP contribution is 2.24. The lowest BCUT2D eigenvalue weighted by Gasteiger charge is -2.20. The summed E-state index contributed by atoms with van der Waals surface area (Å²) in [5.41, 5.74) is 2.44. The number of benzene rings is 1. The lowest BCUT2D eigenvalue weighted by atomic mass is 10.0. The maximum absolute atomic E-state index is 11.7. The second-order valence-electron chi connectivity index (χ2n) is 8.06. The topological polar surface area (TPSA) is 80.3 Å². The van der Waals surface area contributed by atoms with Gasteiger partial charge >= 0.3 is 6.09 Å². The van der Waals surface area contributed by atoms with Gasteiger partial charge in [-0.2, -0.15) is 0 Å². The van der Waals surface area contributed by atoms with Crippen LogP contribution in [0.2, 0.25) is 0 Å². The summed E-state index contributed by atoms with van der Waals surface area (Å²) in [4.78, 5) is 28.1. The minimum Gasteiger partial charge on any atom is -0.444 e. The first-order chi connectivity index (χ1) is 13.2. The molecule has 6 nitrogen and oxygen atoms in total. The van der Waals surface area contributed by atoms with E-state index in [1.807, 2.05) is 45.0 Å². The Bertz CT molecular complexity index is 827. The quantitative estimate of drug-likeness (QED) is 0.692. The molecule has 2 amide bonds. The van der Waals surface area contributed by atoms with E-state index in [9.17, 15) is 9.59 Å². The van der Waals surface area contributed by atoms with Gasteiger partial charge in [0.2, 0.25) is 5.91 Å². The number of aromatic nitrogens is 1. The Hall–Kier alpha value is -2.63. The molecule has 0 saturated carbocycles. The summed E-state index contributed by atoms with van der Waals surface area (Å²) in [5.74, 6) is -0.0792. The van der Waals surface area contributed by atoms with Gasteiger partial charge in [0, 0.05) is 18.9 Å². The third kappa shape index (κ3) is 6.83. The molecule has 28 heavy (non-hydrogen) atoms. The standard InChI is InChI=1S/C22H31N3O3/c1-15-14-20(25-18-11-7-6-10-17(15)18)19(24-16(2)26)12-8-9-13-23-21(27)28-22(3,4)5/h6-7,10-11,14,19H,8-9,12-13H2,1-5H3,(H,23,27)(H,24,26). The number of unbranched alkanes of at least 4 members (excludes halogenated alkanes) is 1. The molecule has 152 valence electrons. The molecule has 0 aliphatic heterocycles. The average Bonchev–Trinajstić information content (AvgIpc) is 2.58. The first kappa shape index (κ1) is 21.7. The average molecular weight is 386 g/mol. The Morgan fingerprint density at radius 3 is 2.57 bits per heavy atom. The zero-order valence-corrected chi connectivity index (χ0v) is 17.5. The van der Waals surface area contributed by atoms with E-state index in [1.165, 1.54) is 6.92 Å². The number of pyridine rings is 1. The number of ether oxygens (including phenoxy) is 1. The maximum atomic E-state index is 11.7. The van der Waals surface area contributed by atoms with Crippen molar-refractivity contribution in [3.05, 3.63) is 41.6 Å². The molecule has 2 aromatic rings. The van der Waals surface area contributed by atoms with Crippen LogP contribution in [0.4, 0.5) is 4.79 Å². The molecule has 0 aliphatic carbocycles. The molecule has 0 aliphatic rings. The van der Waals surface area contributed by atoms with Gasteiger partial charge in [-0.25, -0.2) is 4.79 Å². The van der Waals surface area contributed by atoms with Gasteiger partial charge in [-0.3, -0.25) is 9.78 Å². The molecule has 0 radical (unpaired) electrons. The summed E-state index contributed by atoms with van der Waals surface area (Å²) >= 11 is 0. The molecule has 1 aromatic carbocycles. The monoisotopic (exact) mass is 385 g/mol. The number of amides is 2. The molecule has 1 atom stereocenters. The van der Waals surface area contributed by atoms with Crippen LogP contribution in [-0.4, -0.2) is 29.1 Å². The first-order valence-corrected chi connectivity index (χ1v) is 9.76. The number of fused-ring (bicyclic) bond motifs is 1. The van der Waals surface area contributed by atoms with Gasteiger partial charge in [-0.15, -0.1) is 0 Å². The van der Waals surface area contributed by atoms with Crippen LogP contribution in [0.1, 0.15) is 64.3 Å². The van der Waals surface area contributed by atoms with Crippen LogP contribution >= 0.6 is 0 Å². The largest absolute Gasteiger partial charge is 0.444 e. The minimum atomic E-state index is -0.500. The number of hydrogen-bond donors (Lipinski definition) is 2. The molecule has 1 unspecified atom stereocenters. The van der Waals surface area contributed by atoms with Crippen LogP contribution in [-0.2, 0) is 9.53 Å². The SMILES string of the molecule is CC(=O)NC(CCCCNC(=O)OC(C)(C)C)c1cc(C)c2ccccc2n1. The normalized spacial score (nSPS) is 12.5. The summed E-state index contributed by atoms with van der Waals surface area (Å²) in [5, 5.41) is 6.89. The molecule has 1 heterocycles. The summed E-state index contributed by atoms with van der Waals surface area (Å²) in [7, 11) is 0. The number of aryl methyl sites for hydroxylation is 1. The van der Waals surface area contributed by atoms with E-state index in [1.54, 1.807) is 0 Å². The van der Waals surface area contributed by atoms with Gasteiger partial charge in [0.05, 0.1) is 17.3 Å². The van der Waals surface area contributed by atoms with Gasteiger partial charge in [0.25, 0.3) is 0 Å². The molecule has 6 heteroatoms. The zero-order valence-electron chi connectivity index (χ0n) is 17.5. The summed E-state index contributed by atoms with van der Waals surface area (Å²) < 4.78 is 5.22. The summed E-state index contributed by atoms with van der Waals surface area (Å²) in [6, 6.07) is 9.90. The van der Waals surface area contributed by atoms with Crippen molar-refractivity contribution >= 4 is 22.9 Å². The molecule has 0 fully saturated rings. The van der Waals surface area contributed by atoms with E-state index in [2.05, 4.69) is 23.6 Å². The predicted octanol–water partition coefficient (Wildman–Crippen LogP) is 4.42. The highest BCUT2D eigenvalue weighted by Gasteiger charge is 2.17. The van der Waals surface area contributed by atoms with Crippen molar-refractivity contribution in [2.24, 2.45) is 0 Å². The highest BCUT2D eigenvalue weighted by molar-refractivity contribution is 5.82. The van der Waals surface area contributed by atoms with E-state index in [4.69, 9.17) is 9.72 Å². The van der Waals surface area contributed by atoms with E-state index in [0.717, 1.165) is 41.4 Å². The number of carbonyl (C=O) groups is 2. The fourth-order valence-electron chi connectivity index (χ4n) is 3.07. The molecule has 2 N–H and O–H groups in total. The van der Waals surface area contributed by atoms with Crippen LogP contribution in [0, 0.1) is 6.92 Å². The van der Waals surface area contributed by atoms with Crippen molar-refractivity contribution in [2.45, 2.75) is 65.5 Å². The van der Waals surface area contributed by atoms with Gasteiger partial charge in [-0.1, -0.05) is 18.2 Å². The van der Waals surface area contributed by atoms with Gasteiger partial charge in [0.15, 0.2) is 0 Å². The van der Waals surface area contributed by atoms with Crippen molar-refractivity contribution in [2.75, 3.05) is 6.54 Å². The summed E-state index contributed by atoms with van der Waals surface area (Å²) in [6.07, 6.45) is 1.98. The second-order valence-corrected chi connectivity index (χ2v) is 8.06. The lowest BCUT2D eigenvalue weighted by Crippen LogP contribution is -2.33. The Kier molecular flexibility index (Phi) is 7.38. The van der Waals surface area contributed by atoms with E-state index in [-0.39, 0.29) is 11.9 Å². The Morgan fingerprint density at radius 2 is 1.89 bits per heavy atom. The first-order valence-electron chi connectivity index (χ1n) is 9.76. The van der Waals surface area contributed by atoms with Crippen molar-refractivity contribution < 1.29 is 14.3 Å². The van der Waals surface area contributed by atoms with Crippen molar-refractivity contribution in [3.8, 4) is 0 Å². The number of alkyl carbamates (subject to hydrolysis) is 1. The predicted molar refractivity (Wildman–Crippen MR) is 111 cm³/mol. The van der Waals surface area contributed by atoms with Gasteiger partial charge < -0.3 is 15.4 Å². The van der Waals surface area contributed by atoms with E-state index >= 15 is 0 Å². The van der Waals surface area contributed by atoms with Crippen molar-refractivity contribution in [3.63, 3.8) is 0 Å². The van der Waals surface area contributed by atoms with Crippen LogP contribution in [0.25, 0.3) is 10.9 Å². The van der Waals surface area contributed by atoms with Crippen molar-refractivity contribution in [1.29, 1.82) is 0 Å². The maximum Gasteiger partial charge on any atom is 0.407 e. The van der Waals surface area contributed by atoms with Crippen LogP contribution in [0.5, 0.6) is 0 Å². The van der Waals surface area contributed by atoms with Crippen LogP contribution in [0.15, 0.2) is 30.3 Å². The molecule has 1 aromatic heterocycles. The van der Waals surface area contributed by atoms with Crippen molar-refractivity contribution in [1.82, 2.24) is 15.6 Å². The Morgan fingerprint density at radius 1 is 1.18 bits per heavy atom. The zero-order chi connectivity index (χ0) is 20.7. The number of para-hydroxylation sites is 1. The van der Waals surface area contributed by atoms with E-state index < -0.39 is 11.7 Å². The highest BCUT2D eigenvalue weighted by atomic mass is 16.6. The van der Waals surface area contributed by atoms with Gasteiger partial charge in [0.1, 0.15) is 5.60 Å². The van der Waals surface area contributed by atoms with Gasteiger partial charge in [-0.05, 0) is 64.7 Å². The summed E-state index contributed by atoms with van der Waals surface area (Å²) in [6.45, 7) is 9.62. The smallest absolute Gasteiger partial charge is 0.407 e. The molecule has 0 saturated heterocycles. The number of hydrogen-bond acceptors (Lipinski definition) is 4. The Balaban J connectivity index is 1.95. The van der Waals surface area contributed by atoms with Crippen LogP contribution < -0.4 is 10.6 Å². The molecular formula is C22H31N3O3. The number of nitrogens with zero attached hydrogens (tertiary/aromatic N) is 1. The second kappa shape index (κ2) is 9.53. The fraction of sp³-hybridized carbons (Fsp3) is 0.500. The van der Waals surface area contributed by atoms with Crippen LogP contribution in [0.3, 0.4) is 0 Å². The number of carbonyl (C=O) groups excluding carboxylic acids is 2. The number of rotatable bonds is 7. The fourth-order valence-corrected chi connectivity index (χ4v) is 3.07. The molecule has 0 spiro atoms. The number of nitrogens with one attached hydrogen (secondary N) is 2. The molecule has 0 bridgehead atoms. The third-order valence-electron chi connectivity index (χ3n) is 4.27. The van der Waals surface area contributed by atoms with E-state index in [0.29, 0.717) is 6.54 Å². The molecule has 2 rings (SSSR count).